The summed E-state index contributed by atoms with van der Waals surface area (Å²) >= 11 is 0. The van der Waals surface area contributed by atoms with E-state index in [2.05, 4.69) is 15.6 Å². The van der Waals surface area contributed by atoms with Crippen molar-refractivity contribution in [2.24, 2.45) is 0 Å². The zero-order valence-electron chi connectivity index (χ0n) is 11.8. The highest BCUT2D eigenvalue weighted by Gasteiger charge is 2.18. The molecule has 3 rings (SSSR count). The van der Waals surface area contributed by atoms with Gasteiger partial charge in [0.1, 0.15) is 5.75 Å². The minimum atomic E-state index is -0.119. The van der Waals surface area contributed by atoms with Crippen molar-refractivity contribution >= 4 is 11.6 Å². The molecule has 21 heavy (non-hydrogen) atoms. The minimum absolute atomic E-state index is 0.119. The molecule has 0 bridgehead atoms. The molecule has 2 N–H and O–H groups in total. The first kappa shape index (κ1) is 13.6. The van der Waals surface area contributed by atoms with Crippen LogP contribution in [0.25, 0.3) is 0 Å². The maximum atomic E-state index is 12.4. The molecule has 0 unspecified atom stereocenters. The van der Waals surface area contributed by atoms with E-state index in [0.29, 0.717) is 5.56 Å². The maximum absolute atomic E-state index is 12.4. The molecule has 2 aromatic rings. The number of pyridine rings is 1. The summed E-state index contributed by atoms with van der Waals surface area (Å²) in [7, 11) is 1.61. The van der Waals surface area contributed by atoms with Crippen LogP contribution in [0.5, 0.6) is 5.75 Å². The molecule has 1 aliphatic rings. The van der Waals surface area contributed by atoms with Crippen LogP contribution >= 0.6 is 0 Å². The molecule has 5 nitrogen and oxygen atoms in total. The number of hydrogen-bond acceptors (Lipinski definition) is 4. The number of carbonyl (C=O) groups is 1. The van der Waals surface area contributed by atoms with Crippen molar-refractivity contribution in [1.82, 2.24) is 10.3 Å². The predicted molar refractivity (Wildman–Crippen MR) is 80.6 cm³/mol. The molecule has 0 saturated heterocycles. The molecular formula is C16H17N3O2. The largest absolute Gasteiger partial charge is 0.497 e. The lowest BCUT2D eigenvalue weighted by Gasteiger charge is -2.19. The lowest BCUT2D eigenvalue weighted by molar-refractivity contribution is 0.102. The number of methoxy groups -OCH3 is 1. The van der Waals surface area contributed by atoms with Gasteiger partial charge in [-0.1, -0.05) is 0 Å². The summed E-state index contributed by atoms with van der Waals surface area (Å²) < 4.78 is 5.10. The number of fused-ring (bicyclic) bond motifs is 1. The summed E-state index contributed by atoms with van der Waals surface area (Å²) in [6, 6.07) is 7.28. The monoisotopic (exact) mass is 283 g/mol. The Kier molecular flexibility index (Phi) is 3.83. The molecular weight excluding hydrogens is 266 g/mol. The van der Waals surface area contributed by atoms with Crippen LogP contribution in [0.3, 0.4) is 0 Å². The summed E-state index contributed by atoms with van der Waals surface area (Å²) in [5.41, 5.74) is 3.59. The number of amides is 1. The van der Waals surface area contributed by atoms with Crippen LogP contribution in [-0.2, 0) is 13.0 Å². The van der Waals surface area contributed by atoms with E-state index in [1.165, 1.54) is 0 Å². The number of aromatic nitrogens is 1. The van der Waals surface area contributed by atoms with Crippen molar-refractivity contribution in [3.63, 3.8) is 0 Å². The molecule has 0 aliphatic carbocycles. The second-order valence-corrected chi connectivity index (χ2v) is 4.93. The van der Waals surface area contributed by atoms with Crippen LogP contribution in [-0.4, -0.2) is 24.5 Å². The zero-order valence-corrected chi connectivity index (χ0v) is 11.8. The van der Waals surface area contributed by atoms with Crippen molar-refractivity contribution in [2.45, 2.75) is 13.0 Å². The number of carbonyl (C=O) groups excluding carboxylic acids is 1. The fourth-order valence-corrected chi connectivity index (χ4v) is 2.48. The van der Waals surface area contributed by atoms with Crippen LogP contribution in [0.2, 0.25) is 0 Å². The molecule has 1 aromatic heterocycles. The average molecular weight is 283 g/mol. The summed E-state index contributed by atoms with van der Waals surface area (Å²) in [4.78, 5) is 16.6. The number of benzene rings is 1. The quantitative estimate of drug-likeness (QED) is 0.904. The van der Waals surface area contributed by atoms with E-state index in [4.69, 9.17) is 4.74 Å². The number of rotatable bonds is 3. The Hall–Kier alpha value is -2.40. The van der Waals surface area contributed by atoms with Gasteiger partial charge in [0.25, 0.3) is 5.91 Å². The second kappa shape index (κ2) is 5.93. The van der Waals surface area contributed by atoms with Gasteiger partial charge in [-0.15, -0.1) is 0 Å². The Labute approximate surface area is 123 Å². The van der Waals surface area contributed by atoms with E-state index in [1.54, 1.807) is 13.3 Å². The van der Waals surface area contributed by atoms with Crippen molar-refractivity contribution in [3.05, 3.63) is 53.3 Å². The number of nitrogens with one attached hydrogen (secondary N) is 2. The second-order valence-electron chi connectivity index (χ2n) is 4.93. The summed E-state index contributed by atoms with van der Waals surface area (Å²) in [6.07, 6.45) is 4.32. The smallest absolute Gasteiger partial charge is 0.257 e. The third-order valence-electron chi connectivity index (χ3n) is 3.61. The van der Waals surface area contributed by atoms with Crippen LogP contribution in [0, 0.1) is 0 Å². The van der Waals surface area contributed by atoms with Crippen molar-refractivity contribution in [1.29, 1.82) is 0 Å². The normalized spacial score (nSPS) is 13.4. The Balaban J connectivity index is 1.82. The summed E-state index contributed by atoms with van der Waals surface area (Å²) in [5.74, 6) is 0.643. The first-order valence-electron chi connectivity index (χ1n) is 6.90. The van der Waals surface area contributed by atoms with Gasteiger partial charge in [0.15, 0.2) is 0 Å². The lowest BCUT2D eigenvalue weighted by atomic mass is 9.98. The molecule has 0 fully saturated rings. The summed E-state index contributed by atoms with van der Waals surface area (Å²) in [6.45, 7) is 1.66. The molecule has 0 saturated carbocycles. The molecule has 108 valence electrons. The van der Waals surface area contributed by atoms with E-state index in [0.717, 1.165) is 42.1 Å². The molecule has 0 atom stereocenters. The van der Waals surface area contributed by atoms with Gasteiger partial charge in [0.2, 0.25) is 0 Å². The van der Waals surface area contributed by atoms with Gasteiger partial charge in [0.05, 0.1) is 12.7 Å². The Morgan fingerprint density at radius 1 is 1.29 bits per heavy atom. The van der Waals surface area contributed by atoms with Crippen molar-refractivity contribution in [3.8, 4) is 5.75 Å². The van der Waals surface area contributed by atoms with E-state index in [-0.39, 0.29) is 5.91 Å². The average Bonchev–Trinajstić information content (AvgIpc) is 2.55. The van der Waals surface area contributed by atoms with Gasteiger partial charge in [-0.3, -0.25) is 9.78 Å². The number of ether oxygens (including phenoxy) is 1. The standard InChI is InChI=1S/C16H17N3O2/c1-21-13-4-2-12(3-5-13)19-16(20)15-10-18-9-11-8-17-7-6-14(11)15/h2-5,9-10,17H,6-8H2,1H3,(H,19,20). The third-order valence-corrected chi connectivity index (χ3v) is 3.61. The molecule has 1 amide bonds. The Morgan fingerprint density at radius 2 is 2.10 bits per heavy atom. The third kappa shape index (κ3) is 2.87. The van der Waals surface area contributed by atoms with Gasteiger partial charge in [-0.25, -0.2) is 0 Å². The molecule has 0 spiro atoms. The molecule has 0 radical (unpaired) electrons. The van der Waals surface area contributed by atoms with Gasteiger partial charge < -0.3 is 15.4 Å². The number of hydrogen-bond donors (Lipinski definition) is 2. The molecule has 1 aromatic carbocycles. The lowest BCUT2D eigenvalue weighted by Crippen LogP contribution is -2.27. The van der Waals surface area contributed by atoms with Crippen LogP contribution in [0.15, 0.2) is 36.7 Å². The van der Waals surface area contributed by atoms with Gasteiger partial charge in [-0.2, -0.15) is 0 Å². The van der Waals surface area contributed by atoms with Gasteiger partial charge >= 0.3 is 0 Å². The Morgan fingerprint density at radius 3 is 2.86 bits per heavy atom. The fraction of sp³-hybridized carbons (Fsp3) is 0.250. The van der Waals surface area contributed by atoms with Gasteiger partial charge in [-0.05, 0) is 48.4 Å². The van der Waals surface area contributed by atoms with Crippen molar-refractivity contribution < 1.29 is 9.53 Å². The highest BCUT2D eigenvalue weighted by Crippen LogP contribution is 2.20. The van der Waals surface area contributed by atoms with Gasteiger partial charge in [0, 0.05) is 24.6 Å². The van der Waals surface area contributed by atoms with E-state index < -0.39 is 0 Å². The van der Waals surface area contributed by atoms with Crippen molar-refractivity contribution in [2.75, 3.05) is 19.0 Å². The highest BCUT2D eigenvalue weighted by atomic mass is 16.5. The van der Waals surface area contributed by atoms with Crippen LogP contribution in [0.4, 0.5) is 5.69 Å². The SMILES string of the molecule is COc1ccc(NC(=O)c2cncc3c2CCNC3)cc1. The molecule has 2 heterocycles. The summed E-state index contributed by atoms with van der Waals surface area (Å²) in [5, 5.41) is 6.19. The number of nitrogens with zero attached hydrogens (tertiary/aromatic N) is 1. The molecule has 1 aliphatic heterocycles. The van der Waals surface area contributed by atoms with Crippen LogP contribution < -0.4 is 15.4 Å². The maximum Gasteiger partial charge on any atom is 0.257 e. The topological polar surface area (TPSA) is 63.2 Å². The number of anilines is 1. The highest BCUT2D eigenvalue weighted by molar-refractivity contribution is 6.05. The minimum Gasteiger partial charge on any atom is -0.497 e. The molecule has 5 heteroatoms. The Bertz CT molecular complexity index is 653. The predicted octanol–water partition coefficient (Wildman–Crippen LogP) is 1.99. The van der Waals surface area contributed by atoms with E-state index in [1.807, 2.05) is 30.5 Å². The van der Waals surface area contributed by atoms with E-state index in [9.17, 15) is 4.79 Å². The first-order valence-corrected chi connectivity index (χ1v) is 6.90. The zero-order chi connectivity index (χ0) is 14.7. The first-order chi connectivity index (χ1) is 10.3. The fourth-order valence-electron chi connectivity index (χ4n) is 2.48. The van der Waals surface area contributed by atoms with E-state index >= 15 is 0 Å². The van der Waals surface area contributed by atoms with Crippen LogP contribution in [0.1, 0.15) is 21.5 Å².